The van der Waals surface area contributed by atoms with Crippen LogP contribution >= 0.6 is 0 Å². The number of benzene rings is 2. The zero-order chi connectivity index (χ0) is 19.6. The largest absolute Gasteiger partial charge is 0.504 e. The second kappa shape index (κ2) is 8.06. The lowest BCUT2D eigenvalue weighted by molar-refractivity contribution is 0.0755. The summed E-state index contributed by atoms with van der Waals surface area (Å²) in [4.78, 5) is 0. The summed E-state index contributed by atoms with van der Waals surface area (Å²) in [6.45, 7) is 2.50. The van der Waals surface area contributed by atoms with Crippen molar-refractivity contribution < 1.29 is 29.2 Å². The molecule has 1 aliphatic rings. The highest BCUT2D eigenvalue weighted by atomic mass is 16.5. The van der Waals surface area contributed by atoms with E-state index in [1.165, 1.54) is 7.11 Å². The Kier molecular flexibility index (Phi) is 5.77. The van der Waals surface area contributed by atoms with E-state index in [1.54, 1.807) is 38.5 Å². The Labute approximate surface area is 159 Å². The minimum atomic E-state index is -0.691. The molecule has 2 N–H and O–H groups in total. The van der Waals surface area contributed by atoms with Gasteiger partial charge in [-0.25, -0.2) is 0 Å². The number of aliphatic hydroxyl groups is 1. The van der Waals surface area contributed by atoms with Crippen LogP contribution in [-0.2, 0) is 4.74 Å². The van der Waals surface area contributed by atoms with Crippen molar-refractivity contribution in [1.82, 2.24) is 0 Å². The summed E-state index contributed by atoms with van der Waals surface area (Å²) >= 11 is 0. The highest BCUT2D eigenvalue weighted by Crippen LogP contribution is 2.45. The Balaban J connectivity index is 1.81. The average Bonchev–Trinajstić information content (AvgIpc) is 3.08. The lowest BCUT2D eigenvalue weighted by atomic mass is 9.83. The van der Waals surface area contributed by atoms with Crippen LogP contribution in [0, 0.1) is 11.8 Å². The number of aromatic hydroxyl groups is 1. The Morgan fingerprint density at radius 1 is 0.963 bits per heavy atom. The molecule has 1 saturated heterocycles. The van der Waals surface area contributed by atoms with Crippen LogP contribution in [0.1, 0.15) is 30.3 Å². The molecule has 6 heteroatoms. The number of methoxy groups -OCH3 is 3. The predicted molar refractivity (Wildman–Crippen MR) is 101 cm³/mol. The minimum Gasteiger partial charge on any atom is -0.504 e. The van der Waals surface area contributed by atoms with E-state index in [2.05, 4.69) is 6.92 Å². The van der Waals surface area contributed by atoms with Crippen molar-refractivity contribution in [2.75, 3.05) is 27.9 Å². The molecule has 1 aliphatic heterocycles. The first kappa shape index (κ1) is 19.3. The van der Waals surface area contributed by atoms with Gasteiger partial charge < -0.3 is 29.2 Å². The van der Waals surface area contributed by atoms with Crippen LogP contribution in [0.5, 0.6) is 23.0 Å². The molecule has 0 unspecified atom stereocenters. The zero-order valence-corrected chi connectivity index (χ0v) is 16.0. The summed E-state index contributed by atoms with van der Waals surface area (Å²) in [6, 6.07) is 10.6. The third kappa shape index (κ3) is 3.68. The Bertz CT molecular complexity index is 790. The maximum Gasteiger partial charge on any atom is 0.161 e. The van der Waals surface area contributed by atoms with E-state index in [9.17, 15) is 10.2 Å². The fourth-order valence-corrected chi connectivity index (χ4v) is 3.68. The van der Waals surface area contributed by atoms with Crippen molar-refractivity contribution in [3.8, 4) is 23.0 Å². The quantitative estimate of drug-likeness (QED) is 0.806. The summed E-state index contributed by atoms with van der Waals surface area (Å²) in [5, 5.41) is 20.7. The highest BCUT2D eigenvalue weighted by molar-refractivity contribution is 5.44. The van der Waals surface area contributed by atoms with Crippen LogP contribution < -0.4 is 14.2 Å². The third-order valence-corrected chi connectivity index (χ3v) is 5.31. The molecule has 2 aromatic rings. The molecule has 27 heavy (non-hydrogen) atoms. The molecule has 146 valence electrons. The van der Waals surface area contributed by atoms with Crippen molar-refractivity contribution in [2.24, 2.45) is 11.8 Å². The maximum atomic E-state index is 10.9. The van der Waals surface area contributed by atoms with E-state index in [1.807, 2.05) is 12.1 Å². The van der Waals surface area contributed by atoms with Gasteiger partial charge in [0.15, 0.2) is 23.0 Å². The summed E-state index contributed by atoms with van der Waals surface area (Å²) in [6.07, 6.45) is -0.872. The van der Waals surface area contributed by atoms with Gasteiger partial charge in [-0.05, 0) is 41.3 Å². The molecule has 6 nitrogen and oxygen atoms in total. The SMILES string of the molecule is COc1cc([C@H]2OC[C@H]([C@H](O)c3ccc(OC)c(OC)c3)[C@@H]2C)ccc1O. The summed E-state index contributed by atoms with van der Waals surface area (Å²) in [5.41, 5.74) is 1.68. The number of phenolic OH excluding ortho intramolecular Hbond substituents is 1. The average molecular weight is 374 g/mol. The number of hydrogen-bond donors (Lipinski definition) is 2. The molecule has 3 rings (SSSR count). The van der Waals surface area contributed by atoms with Crippen LogP contribution in [0.2, 0.25) is 0 Å². The second-order valence-electron chi connectivity index (χ2n) is 6.77. The molecule has 2 aromatic carbocycles. The van der Waals surface area contributed by atoms with Crippen molar-refractivity contribution in [3.63, 3.8) is 0 Å². The van der Waals surface area contributed by atoms with Crippen LogP contribution in [0.15, 0.2) is 36.4 Å². The van der Waals surface area contributed by atoms with Gasteiger partial charge in [0.2, 0.25) is 0 Å². The smallest absolute Gasteiger partial charge is 0.161 e. The predicted octanol–water partition coefficient (Wildman–Crippen LogP) is 3.48. The molecule has 0 spiro atoms. The van der Waals surface area contributed by atoms with E-state index < -0.39 is 6.10 Å². The Morgan fingerprint density at radius 3 is 2.33 bits per heavy atom. The van der Waals surface area contributed by atoms with Gasteiger partial charge in [0, 0.05) is 5.92 Å². The number of rotatable bonds is 6. The Hall–Kier alpha value is -2.44. The second-order valence-corrected chi connectivity index (χ2v) is 6.77. The minimum absolute atomic E-state index is 0.0716. The van der Waals surface area contributed by atoms with E-state index in [-0.39, 0.29) is 23.7 Å². The molecule has 4 atom stereocenters. The molecule has 0 amide bonds. The van der Waals surface area contributed by atoms with Gasteiger partial charge in [0.05, 0.1) is 40.1 Å². The zero-order valence-electron chi connectivity index (χ0n) is 16.0. The molecule has 0 saturated carbocycles. The third-order valence-electron chi connectivity index (χ3n) is 5.31. The van der Waals surface area contributed by atoms with Gasteiger partial charge in [-0.2, -0.15) is 0 Å². The van der Waals surface area contributed by atoms with Gasteiger partial charge in [-0.15, -0.1) is 0 Å². The first-order valence-corrected chi connectivity index (χ1v) is 8.88. The first-order valence-electron chi connectivity index (χ1n) is 8.88. The van der Waals surface area contributed by atoms with E-state index in [0.717, 1.165) is 11.1 Å². The van der Waals surface area contributed by atoms with E-state index in [4.69, 9.17) is 18.9 Å². The van der Waals surface area contributed by atoms with Crippen molar-refractivity contribution in [1.29, 1.82) is 0 Å². The fourth-order valence-electron chi connectivity index (χ4n) is 3.68. The van der Waals surface area contributed by atoms with Crippen LogP contribution in [0.25, 0.3) is 0 Å². The maximum absolute atomic E-state index is 10.9. The number of ether oxygens (including phenoxy) is 4. The standard InChI is InChI=1S/C21H26O6/c1-12-15(20(23)13-6-8-17(24-2)19(9-13)26-4)11-27-21(12)14-5-7-16(22)18(10-14)25-3/h5-10,12,15,20-23H,11H2,1-4H3/t12-,15-,20+,21-/m0/s1. The van der Waals surface area contributed by atoms with Gasteiger partial charge in [-0.1, -0.05) is 19.1 Å². The summed E-state index contributed by atoms with van der Waals surface area (Å²) in [5.74, 6) is 1.70. The van der Waals surface area contributed by atoms with Crippen LogP contribution in [0.3, 0.4) is 0 Å². The lowest BCUT2D eigenvalue weighted by Gasteiger charge is -2.24. The van der Waals surface area contributed by atoms with E-state index in [0.29, 0.717) is 23.9 Å². The highest BCUT2D eigenvalue weighted by Gasteiger charge is 2.39. The van der Waals surface area contributed by atoms with Gasteiger partial charge in [0.1, 0.15) is 0 Å². The van der Waals surface area contributed by atoms with Crippen molar-refractivity contribution in [2.45, 2.75) is 19.1 Å². The van der Waals surface area contributed by atoms with Crippen molar-refractivity contribution in [3.05, 3.63) is 47.5 Å². The fraction of sp³-hybridized carbons (Fsp3) is 0.429. The molecule has 0 aromatic heterocycles. The molecule has 0 radical (unpaired) electrons. The van der Waals surface area contributed by atoms with Crippen LogP contribution in [-0.4, -0.2) is 38.1 Å². The topological polar surface area (TPSA) is 77.4 Å². The first-order chi connectivity index (χ1) is 13.0. The molecule has 1 heterocycles. The summed E-state index contributed by atoms with van der Waals surface area (Å²) in [7, 11) is 4.67. The van der Waals surface area contributed by atoms with Crippen LogP contribution in [0.4, 0.5) is 0 Å². The number of phenols is 1. The molecular formula is C21H26O6. The normalized spacial score (nSPS) is 23.1. The van der Waals surface area contributed by atoms with Gasteiger partial charge >= 0.3 is 0 Å². The van der Waals surface area contributed by atoms with Crippen molar-refractivity contribution >= 4 is 0 Å². The molecule has 1 fully saturated rings. The lowest BCUT2D eigenvalue weighted by Crippen LogP contribution is -2.20. The van der Waals surface area contributed by atoms with E-state index >= 15 is 0 Å². The molecule has 0 aliphatic carbocycles. The molecule has 0 bridgehead atoms. The van der Waals surface area contributed by atoms with Gasteiger partial charge in [0.25, 0.3) is 0 Å². The Morgan fingerprint density at radius 2 is 1.67 bits per heavy atom. The molecular weight excluding hydrogens is 348 g/mol. The monoisotopic (exact) mass is 374 g/mol. The number of hydrogen-bond acceptors (Lipinski definition) is 6. The van der Waals surface area contributed by atoms with Gasteiger partial charge in [-0.3, -0.25) is 0 Å². The number of aliphatic hydroxyl groups excluding tert-OH is 1. The summed E-state index contributed by atoms with van der Waals surface area (Å²) < 4.78 is 21.8.